The smallest absolute Gasteiger partial charge is 0.268 e. The van der Waals surface area contributed by atoms with Gasteiger partial charge < -0.3 is 28.8 Å². The van der Waals surface area contributed by atoms with Crippen molar-refractivity contribution < 1.29 is 32.9 Å². The van der Waals surface area contributed by atoms with Crippen molar-refractivity contribution in [1.82, 2.24) is 5.32 Å². The van der Waals surface area contributed by atoms with Crippen molar-refractivity contribution in [1.29, 1.82) is 0 Å². The molecule has 2 N–H and O–H groups in total. The number of hydrogen-bond donors (Lipinski definition) is 2. The molecule has 0 saturated heterocycles. The molecule has 0 aliphatic heterocycles. The molecule has 9 heteroatoms. The lowest BCUT2D eigenvalue weighted by atomic mass is 10.0. The van der Waals surface area contributed by atoms with Gasteiger partial charge in [-0.2, -0.15) is 0 Å². The molecule has 3 unspecified atom stereocenters. The molecule has 1 amide bonds. The van der Waals surface area contributed by atoms with E-state index in [0.29, 0.717) is 23.9 Å². The molecule has 0 aliphatic rings. The number of likely N-dealkylation sites (N-methyl/N-ethyl adjacent to an activating group) is 1. The number of aliphatic hydroxyl groups is 1. The van der Waals surface area contributed by atoms with Gasteiger partial charge in [0.05, 0.1) is 39.9 Å². The lowest BCUT2D eigenvalue weighted by molar-refractivity contribution is -0.870. The minimum absolute atomic E-state index is 0.0158. The van der Waals surface area contributed by atoms with Crippen LogP contribution in [0.1, 0.15) is 322 Å². The van der Waals surface area contributed by atoms with Crippen molar-refractivity contribution in [2.45, 2.75) is 334 Å². The molecule has 0 aromatic carbocycles. The monoisotopic (exact) mass is 985 g/mol. The minimum atomic E-state index is -4.56. The quantitative estimate of drug-likeness (QED) is 0.0357. The second-order valence-corrected chi connectivity index (χ2v) is 23.8. The van der Waals surface area contributed by atoms with Gasteiger partial charge in [-0.05, 0) is 12.8 Å². The van der Waals surface area contributed by atoms with E-state index in [9.17, 15) is 19.4 Å². The fourth-order valence-corrected chi connectivity index (χ4v) is 10.3. The third-order valence-corrected chi connectivity index (χ3v) is 15.3. The summed E-state index contributed by atoms with van der Waals surface area (Å²) < 4.78 is 23.3. The number of nitrogens with one attached hydrogen (secondary N) is 1. The van der Waals surface area contributed by atoms with Crippen molar-refractivity contribution in [3.05, 3.63) is 0 Å². The Labute approximate surface area is 425 Å². The molecule has 0 radical (unpaired) electrons. The lowest BCUT2D eigenvalue weighted by Crippen LogP contribution is -2.46. The van der Waals surface area contributed by atoms with Crippen molar-refractivity contribution in [2.24, 2.45) is 0 Å². The Morgan fingerprint density at radius 1 is 0.456 bits per heavy atom. The predicted octanol–water partition coefficient (Wildman–Crippen LogP) is 17.8. The molecule has 8 nitrogen and oxygen atoms in total. The van der Waals surface area contributed by atoms with Gasteiger partial charge in [0, 0.05) is 6.42 Å². The fourth-order valence-electron chi connectivity index (χ4n) is 9.57. The number of unbranched alkanes of at least 4 members (excludes halogenated alkanes) is 44. The van der Waals surface area contributed by atoms with Gasteiger partial charge in [0.15, 0.2) is 0 Å². The molecule has 0 aliphatic carbocycles. The normalized spacial score (nSPS) is 13.8. The maximum absolute atomic E-state index is 12.9. The first-order valence-corrected chi connectivity index (χ1v) is 31.8. The van der Waals surface area contributed by atoms with E-state index in [0.717, 1.165) is 38.5 Å². The first-order chi connectivity index (χ1) is 33.0. The maximum atomic E-state index is 12.9. The third kappa shape index (κ3) is 53.3. The van der Waals surface area contributed by atoms with Crippen molar-refractivity contribution >= 4 is 13.7 Å². The zero-order valence-corrected chi connectivity index (χ0v) is 47.5. The van der Waals surface area contributed by atoms with Gasteiger partial charge in [-0.3, -0.25) is 9.36 Å². The van der Waals surface area contributed by atoms with Crippen molar-refractivity contribution in [2.75, 3.05) is 40.9 Å². The maximum Gasteiger partial charge on any atom is 0.268 e. The van der Waals surface area contributed by atoms with Gasteiger partial charge in [0.25, 0.3) is 7.82 Å². The molecule has 0 fully saturated rings. The summed E-state index contributed by atoms with van der Waals surface area (Å²) in [5.74, 6) is -0.160. The van der Waals surface area contributed by atoms with Crippen LogP contribution in [0.2, 0.25) is 0 Å². The highest BCUT2D eigenvalue weighted by Crippen LogP contribution is 2.38. The Hall–Kier alpha value is -0.500. The van der Waals surface area contributed by atoms with Crippen LogP contribution in [0.3, 0.4) is 0 Å². The molecular formula is C59H121N2O6P. The standard InChI is InChI=1S/C59H121N2O6P/c1-6-8-10-12-14-16-17-18-19-20-21-22-23-24-25-26-27-28-29-30-31-32-33-34-35-36-37-38-39-40-41-42-43-44-45-47-49-51-53-59(63)60-57(56-67-68(64,65)66-55-54-61(3,4)5)58(62)52-50-48-46-15-13-11-9-7-2/h57-58,62H,6-56H2,1-5H3,(H-,60,63,64,65). The van der Waals surface area contributed by atoms with Gasteiger partial charge in [0.2, 0.25) is 5.91 Å². The van der Waals surface area contributed by atoms with E-state index in [2.05, 4.69) is 19.2 Å². The average molecular weight is 986 g/mol. The van der Waals surface area contributed by atoms with E-state index in [1.54, 1.807) is 0 Å². The number of phosphoric ester groups is 1. The van der Waals surface area contributed by atoms with E-state index in [1.165, 1.54) is 257 Å². The number of aliphatic hydroxyl groups excluding tert-OH is 1. The van der Waals surface area contributed by atoms with Crippen LogP contribution < -0.4 is 10.2 Å². The summed E-state index contributed by atoms with van der Waals surface area (Å²) >= 11 is 0. The fraction of sp³-hybridized carbons (Fsp3) is 0.983. The number of nitrogens with zero attached hydrogens (tertiary/aromatic N) is 1. The third-order valence-electron chi connectivity index (χ3n) is 14.3. The second-order valence-electron chi connectivity index (χ2n) is 22.4. The van der Waals surface area contributed by atoms with E-state index in [4.69, 9.17) is 9.05 Å². The van der Waals surface area contributed by atoms with Gasteiger partial charge in [-0.15, -0.1) is 0 Å². The summed E-state index contributed by atoms with van der Waals surface area (Å²) in [5, 5.41) is 13.9. The second kappa shape index (κ2) is 51.4. The average Bonchev–Trinajstić information content (AvgIpc) is 3.30. The van der Waals surface area contributed by atoms with Gasteiger partial charge in [-0.1, -0.05) is 303 Å². The SMILES string of the molecule is CCCCCCCCCCCCCCCCCCCCCCCCCCCCCCCCCCCCCCCCC(=O)NC(COP(=O)([O-])OCC[N+](C)(C)C)C(O)CCCCCCCCCC. The molecule has 3 atom stereocenters. The van der Waals surface area contributed by atoms with E-state index in [-0.39, 0.29) is 19.1 Å². The zero-order chi connectivity index (χ0) is 49.9. The summed E-state index contributed by atoms with van der Waals surface area (Å²) in [6.45, 7) is 4.72. The number of rotatable bonds is 57. The molecule has 0 saturated carbocycles. The topological polar surface area (TPSA) is 108 Å². The van der Waals surface area contributed by atoms with Gasteiger partial charge >= 0.3 is 0 Å². The molecule has 68 heavy (non-hydrogen) atoms. The molecule has 0 bridgehead atoms. The molecule has 0 heterocycles. The first-order valence-electron chi connectivity index (χ1n) is 30.4. The number of carbonyl (C=O) groups excluding carboxylic acids is 1. The summed E-state index contributed by atoms with van der Waals surface area (Å²) in [6, 6.07) is -0.793. The van der Waals surface area contributed by atoms with Crippen molar-refractivity contribution in [3.8, 4) is 0 Å². The van der Waals surface area contributed by atoms with Crippen LogP contribution in [-0.4, -0.2) is 68.5 Å². The Morgan fingerprint density at radius 2 is 0.721 bits per heavy atom. The summed E-state index contributed by atoms with van der Waals surface area (Å²) in [7, 11) is 1.32. The van der Waals surface area contributed by atoms with E-state index < -0.39 is 20.0 Å². The molecule has 0 aromatic heterocycles. The Balaban J connectivity index is 3.71. The van der Waals surface area contributed by atoms with Crippen LogP contribution in [0.5, 0.6) is 0 Å². The summed E-state index contributed by atoms with van der Waals surface area (Å²) in [5.41, 5.74) is 0. The van der Waals surface area contributed by atoms with Crippen molar-refractivity contribution in [3.63, 3.8) is 0 Å². The summed E-state index contributed by atoms with van der Waals surface area (Å²) in [6.07, 6.45) is 62.1. The van der Waals surface area contributed by atoms with Crippen LogP contribution in [0.15, 0.2) is 0 Å². The Kier molecular flexibility index (Phi) is 51.0. The molecule has 0 rings (SSSR count). The Bertz CT molecular complexity index is 1070. The molecular weight excluding hydrogens is 864 g/mol. The number of hydrogen-bond acceptors (Lipinski definition) is 6. The van der Waals surface area contributed by atoms with Crippen LogP contribution in [0, 0.1) is 0 Å². The lowest BCUT2D eigenvalue weighted by Gasteiger charge is -2.30. The Morgan fingerprint density at radius 3 is 1.00 bits per heavy atom. The largest absolute Gasteiger partial charge is 0.756 e. The minimum Gasteiger partial charge on any atom is -0.756 e. The first kappa shape index (κ1) is 67.5. The van der Waals surface area contributed by atoms with E-state index >= 15 is 0 Å². The summed E-state index contributed by atoms with van der Waals surface area (Å²) in [4.78, 5) is 25.4. The highest BCUT2D eigenvalue weighted by atomic mass is 31.2. The highest BCUT2D eigenvalue weighted by Gasteiger charge is 2.24. The molecule has 408 valence electrons. The van der Waals surface area contributed by atoms with Crippen LogP contribution in [0.4, 0.5) is 0 Å². The predicted molar refractivity (Wildman–Crippen MR) is 293 cm³/mol. The molecule has 0 aromatic rings. The number of amides is 1. The van der Waals surface area contributed by atoms with Gasteiger partial charge in [-0.25, -0.2) is 0 Å². The van der Waals surface area contributed by atoms with Gasteiger partial charge in [0.1, 0.15) is 13.2 Å². The number of phosphoric acid groups is 1. The number of quaternary nitrogens is 1. The van der Waals surface area contributed by atoms with Crippen LogP contribution in [-0.2, 0) is 18.4 Å². The van der Waals surface area contributed by atoms with Crippen LogP contribution >= 0.6 is 7.82 Å². The van der Waals surface area contributed by atoms with Crippen LogP contribution in [0.25, 0.3) is 0 Å². The highest BCUT2D eigenvalue weighted by molar-refractivity contribution is 7.45. The zero-order valence-electron chi connectivity index (χ0n) is 46.6. The molecule has 0 spiro atoms. The van der Waals surface area contributed by atoms with E-state index in [1.807, 2.05) is 21.1 Å². The number of carbonyl (C=O) groups is 1.